The van der Waals surface area contributed by atoms with Crippen LogP contribution in [0.25, 0.3) is 0 Å². The van der Waals surface area contributed by atoms with Crippen molar-refractivity contribution in [2.75, 3.05) is 4.72 Å². The van der Waals surface area contributed by atoms with Crippen molar-refractivity contribution >= 4 is 27.0 Å². The summed E-state index contributed by atoms with van der Waals surface area (Å²) in [6.07, 6.45) is 0.914. The molecule has 2 rings (SSSR count). The first-order valence-corrected chi connectivity index (χ1v) is 8.21. The summed E-state index contributed by atoms with van der Waals surface area (Å²) in [7, 11) is -3.57. The van der Waals surface area contributed by atoms with Gasteiger partial charge < -0.3 is 5.11 Å². The average Bonchev–Trinajstić information content (AvgIpc) is 2.89. The lowest BCUT2D eigenvalue weighted by Gasteiger charge is -2.07. The number of anilines is 1. The average molecular weight is 297 g/mol. The fourth-order valence-corrected chi connectivity index (χ4v) is 3.80. The molecule has 1 aromatic carbocycles. The molecule has 0 aliphatic heterocycles. The number of hydrogen-bond donors (Lipinski definition) is 2. The molecular formula is C13H15NO3S2. The van der Waals surface area contributed by atoms with Crippen molar-refractivity contribution in [1.29, 1.82) is 0 Å². The van der Waals surface area contributed by atoms with E-state index in [4.69, 9.17) is 5.11 Å². The van der Waals surface area contributed by atoms with Gasteiger partial charge in [-0.1, -0.05) is 19.1 Å². The zero-order valence-corrected chi connectivity index (χ0v) is 12.1. The number of thiophene rings is 1. The van der Waals surface area contributed by atoms with Crippen molar-refractivity contribution in [2.45, 2.75) is 24.8 Å². The van der Waals surface area contributed by atoms with Crippen molar-refractivity contribution < 1.29 is 13.5 Å². The van der Waals surface area contributed by atoms with E-state index in [1.54, 1.807) is 12.1 Å². The van der Waals surface area contributed by atoms with E-state index in [1.165, 1.54) is 22.8 Å². The van der Waals surface area contributed by atoms with Gasteiger partial charge in [0.15, 0.2) is 0 Å². The molecule has 2 N–H and O–H groups in total. The van der Waals surface area contributed by atoms with E-state index in [0.29, 0.717) is 10.6 Å². The van der Waals surface area contributed by atoms with Gasteiger partial charge in [0, 0.05) is 15.9 Å². The van der Waals surface area contributed by atoms with Crippen molar-refractivity contribution in [3.63, 3.8) is 0 Å². The summed E-state index contributed by atoms with van der Waals surface area (Å²) in [5.74, 6) is 0. The monoisotopic (exact) mass is 297 g/mol. The van der Waals surface area contributed by atoms with Crippen LogP contribution in [0.4, 0.5) is 5.69 Å². The summed E-state index contributed by atoms with van der Waals surface area (Å²) in [4.78, 5) is 0.808. The SMILES string of the molecule is CCc1ccc(NS(=O)(=O)c2csc(CO)c2)cc1. The molecule has 0 atom stereocenters. The number of sulfonamides is 1. The van der Waals surface area contributed by atoms with Gasteiger partial charge in [0.25, 0.3) is 10.0 Å². The second-order valence-electron chi connectivity index (χ2n) is 4.06. The number of aliphatic hydroxyl groups is 1. The van der Waals surface area contributed by atoms with E-state index < -0.39 is 10.0 Å². The third-order valence-electron chi connectivity index (χ3n) is 2.71. The topological polar surface area (TPSA) is 66.4 Å². The first-order valence-electron chi connectivity index (χ1n) is 5.85. The van der Waals surface area contributed by atoms with Gasteiger partial charge in [-0.2, -0.15) is 0 Å². The van der Waals surface area contributed by atoms with E-state index in [1.807, 2.05) is 19.1 Å². The van der Waals surface area contributed by atoms with E-state index in [-0.39, 0.29) is 11.5 Å². The zero-order valence-electron chi connectivity index (χ0n) is 10.5. The number of benzene rings is 1. The van der Waals surface area contributed by atoms with E-state index in [9.17, 15) is 8.42 Å². The van der Waals surface area contributed by atoms with E-state index in [2.05, 4.69) is 4.72 Å². The zero-order chi connectivity index (χ0) is 13.9. The molecule has 0 aliphatic carbocycles. The van der Waals surface area contributed by atoms with Crippen molar-refractivity contribution in [3.8, 4) is 0 Å². The second-order valence-corrected chi connectivity index (χ2v) is 6.74. The quantitative estimate of drug-likeness (QED) is 0.891. The normalized spacial score (nSPS) is 11.5. The van der Waals surface area contributed by atoms with Crippen LogP contribution >= 0.6 is 11.3 Å². The molecule has 0 spiro atoms. The van der Waals surface area contributed by atoms with Crippen LogP contribution in [0.1, 0.15) is 17.4 Å². The van der Waals surface area contributed by atoms with Crippen LogP contribution in [0.15, 0.2) is 40.6 Å². The molecule has 0 fully saturated rings. The van der Waals surface area contributed by atoms with Crippen molar-refractivity contribution in [3.05, 3.63) is 46.2 Å². The maximum atomic E-state index is 12.1. The lowest BCUT2D eigenvalue weighted by atomic mass is 10.2. The molecule has 1 aromatic heterocycles. The first-order chi connectivity index (χ1) is 9.05. The highest BCUT2D eigenvalue weighted by Gasteiger charge is 2.16. The lowest BCUT2D eigenvalue weighted by Crippen LogP contribution is -2.12. The molecule has 0 saturated carbocycles. The molecule has 0 amide bonds. The van der Waals surface area contributed by atoms with E-state index >= 15 is 0 Å². The number of hydrogen-bond acceptors (Lipinski definition) is 4. The number of aryl methyl sites for hydroxylation is 1. The van der Waals surface area contributed by atoms with Crippen LogP contribution < -0.4 is 4.72 Å². The molecule has 6 heteroatoms. The van der Waals surface area contributed by atoms with Crippen LogP contribution in [0, 0.1) is 0 Å². The molecule has 102 valence electrons. The number of aliphatic hydroxyl groups excluding tert-OH is 1. The minimum absolute atomic E-state index is 0.147. The predicted molar refractivity (Wildman–Crippen MR) is 76.9 cm³/mol. The fraction of sp³-hybridized carbons (Fsp3) is 0.231. The van der Waals surface area contributed by atoms with Crippen LogP contribution in [0.2, 0.25) is 0 Å². The fourth-order valence-electron chi connectivity index (χ4n) is 1.61. The molecule has 0 saturated heterocycles. The Hall–Kier alpha value is -1.37. The number of nitrogens with one attached hydrogen (secondary N) is 1. The van der Waals surface area contributed by atoms with Gasteiger partial charge in [0.05, 0.1) is 11.5 Å². The Kier molecular flexibility index (Phi) is 4.24. The van der Waals surface area contributed by atoms with Gasteiger partial charge in [-0.15, -0.1) is 11.3 Å². The highest BCUT2D eigenvalue weighted by atomic mass is 32.2. The third kappa shape index (κ3) is 3.34. The Morgan fingerprint density at radius 3 is 2.47 bits per heavy atom. The predicted octanol–water partition coefficient (Wildman–Crippen LogP) is 2.60. The van der Waals surface area contributed by atoms with Gasteiger partial charge in [0.1, 0.15) is 0 Å². The van der Waals surface area contributed by atoms with Gasteiger partial charge in [-0.3, -0.25) is 4.72 Å². The smallest absolute Gasteiger partial charge is 0.262 e. The molecule has 19 heavy (non-hydrogen) atoms. The molecule has 0 unspecified atom stereocenters. The van der Waals surface area contributed by atoms with Gasteiger partial charge in [0.2, 0.25) is 0 Å². The Balaban J connectivity index is 2.20. The van der Waals surface area contributed by atoms with Gasteiger partial charge in [-0.05, 0) is 30.2 Å². The molecule has 4 nitrogen and oxygen atoms in total. The largest absolute Gasteiger partial charge is 0.391 e. The van der Waals surface area contributed by atoms with E-state index in [0.717, 1.165) is 12.0 Å². The lowest BCUT2D eigenvalue weighted by molar-refractivity contribution is 0.285. The molecule has 0 radical (unpaired) electrons. The van der Waals surface area contributed by atoms with Gasteiger partial charge in [-0.25, -0.2) is 8.42 Å². The molecule has 2 aromatic rings. The summed E-state index contributed by atoms with van der Waals surface area (Å²) in [5, 5.41) is 10.5. The summed E-state index contributed by atoms with van der Waals surface area (Å²) < 4.78 is 26.7. The highest BCUT2D eigenvalue weighted by molar-refractivity contribution is 7.92. The van der Waals surface area contributed by atoms with Crippen LogP contribution in [0.5, 0.6) is 0 Å². The standard InChI is InChI=1S/C13H15NO3S2/c1-2-10-3-5-11(6-4-10)14-19(16,17)13-7-12(8-15)18-9-13/h3-7,9,14-15H,2,8H2,1H3. The maximum absolute atomic E-state index is 12.1. The van der Waals surface area contributed by atoms with Gasteiger partial charge >= 0.3 is 0 Å². The van der Waals surface area contributed by atoms with Crippen LogP contribution in [-0.2, 0) is 23.1 Å². The molecular weight excluding hydrogens is 282 g/mol. The highest BCUT2D eigenvalue weighted by Crippen LogP contribution is 2.22. The minimum atomic E-state index is -3.57. The van der Waals surface area contributed by atoms with Crippen molar-refractivity contribution in [2.24, 2.45) is 0 Å². The maximum Gasteiger partial charge on any atom is 0.262 e. The molecule has 0 aliphatic rings. The molecule has 1 heterocycles. The Morgan fingerprint density at radius 1 is 1.26 bits per heavy atom. The Morgan fingerprint density at radius 2 is 1.95 bits per heavy atom. The van der Waals surface area contributed by atoms with Crippen molar-refractivity contribution in [1.82, 2.24) is 0 Å². The summed E-state index contributed by atoms with van der Waals surface area (Å²) >= 11 is 1.22. The first kappa shape index (κ1) is 14.0. The third-order valence-corrected chi connectivity index (χ3v) is 5.14. The van der Waals surface area contributed by atoms with Crippen LogP contribution in [-0.4, -0.2) is 13.5 Å². The van der Waals surface area contributed by atoms with Crippen LogP contribution in [0.3, 0.4) is 0 Å². The Labute approximate surface area is 116 Å². The Bertz CT molecular complexity index is 645. The summed E-state index contributed by atoms with van der Waals surface area (Å²) in [6.45, 7) is 1.90. The second kappa shape index (κ2) is 5.73. The number of rotatable bonds is 5. The summed E-state index contributed by atoms with van der Waals surface area (Å²) in [6, 6.07) is 8.76. The summed E-state index contributed by atoms with van der Waals surface area (Å²) in [5.41, 5.74) is 1.69. The minimum Gasteiger partial charge on any atom is -0.391 e. The molecule has 0 bridgehead atoms.